The highest BCUT2D eigenvalue weighted by molar-refractivity contribution is 7.80. The van der Waals surface area contributed by atoms with Crippen molar-refractivity contribution in [1.29, 1.82) is 0 Å². The molecule has 3 nitrogen and oxygen atoms in total. The first-order chi connectivity index (χ1) is 4.04. The molecule has 0 radical (unpaired) electrons. The van der Waals surface area contributed by atoms with Crippen molar-refractivity contribution in [2.24, 2.45) is 17.5 Å². The zero-order valence-corrected chi connectivity index (χ0v) is 6.61. The Morgan fingerprint density at radius 2 is 2.11 bits per heavy atom. The molecule has 0 amide bonds. The predicted octanol–water partition coefficient (Wildman–Crippen LogP) is 0.0617. The summed E-state index contributed by atoms with van der Waals surface area (Å²) in [6.07, 6.45) is 0. The van der Waals surface area contributed by atoms with Gasteiger partial charge in [0.05, 0.1) is 0 Å². The third-order valence-corrected chi connectivity index (χ3v) is 1.08. The Hall–Kier alpha value is -0.350. The monoisotopic (exact) mass is 147 g/mol. The molecular formula is C5H13N3S. The van der Waals surface area contributed by atoms with E-state index in [0.717, 1.165) is 6.54 Å². The van der Waals surface area contributed by atoms with Crippen LogP contribution in [0.4, 0.5) is 0 Å². The number of hydrogen-bond donors (Lipinski definition) is 2. The van der Waals surface area contributed by atoms with Crippen LogP contribution in [0.15, 0.2) is 0 Å². The summed E-state index contributed by atoms with van der Waals surface area (Å²) in [5.41, 5.74) is 5.22. The van der Waals surface area contributed by atoms with Crippen LogP contribution < -0.4 is 11.6 Å². The number of hydrazine groups is 1. The first-order valence-electron chi connectivity index (χ1n) is 2.85. The molecule has 0 spiro atoms. The summed E-state index contributed by atoms with van der Waals surface area (Å²) < 4.78 is 0. The largest absolute Gasteiger partial charge is 0.375 e. The predicted molar refractivity (Wildman–Crippen MR) is 42.5 cm³/mol. The quantitative estimate of drug-likeness (QED) is 0.329. The van der Waals surface area contributed by atoms with Gasteiger partial charge in [0.1, 0.15) is 0 Å². The lowest BCUT2D eigenvalue weighted by molar-refractivity contribution is 0.381. The van der Waals surface area contributed by atoms with Gasteiger partial charge >= 0.3 is 0 Å². The van der Waals surface area contributed by atoms with Gasteiger partial charge in [0.15, 0.2) is 5.11 Å². The van der Waals surface area contributed by atoms with Crippen molar-refractivity contribution in [3.63, 3.8) is 0 Å². The van der Waals surface area contributed by atoms with Crippen molar-refractivity contribution in [2.45, 2.75) is 13.8 Å². The summed E-state index contributed by atoms with van der Waals surface area (Å²) in [5, 5.41) is 1.63. The number of nitrogens with zero attached hydrogens (tertiary/aromatic N) is 1. The maximum Gasteiger partial charge on any atom is 0.180 e. The summed E-state index contributed by atoms with van der Waals surface area (Å²) >= 11 is 4.62. The van der Waals surface area contributed by atoms with Crippen LogP contribution in [0.3, 0.4) is 0 Å². The zero-order chi connectivity index (χ0) is 7.44. The van der Waals surface area contributed by atoms with Gasteiger partial charge in [0, 0.05) is 6.54 Å². The lowest BCUT2D eigenvalue weighted by Gasteiger charge is -2.17. The van der Waals surface area contributed by atoms with Crippen LogP contribution >= 0.6 is 12.2 Å². The highest BCUT2D eigenvalue weighted by atomic mass is 32.1. The Morgan fingerprint density at radius 3 is 2.22 bits per heavy atom. The molecule has 0 aromatic heterocycles. The molecule has 0 saturated heterocycles. The Bertz CT molecular complexity index is 102. The van der Waals surface area contributed by atoms with Crippen molar-refractivity contribution >= 4 is 17.3 Å². The van der Waals surface area contributed by atoms with Crippen LogP contribution in [-0.2, 0) is 0 Å². The molecule has 0 heterocycles. The average molecular weight is 147 g/mol. The summed E-state index contributed by atoms with van der Waals surface area (Å²) in [7, 11) is 0. The maximum absolute atomic E-state index is 5.38. The molecule has 0 unspecified atom stereocenters. The lowest BCUT2D eigenvalue weighted by atomic mass is 10.2. The maximum atomic E-state index is 5.38. The number of thiocarbonyl (C=S) groups is 1. The van der Waals surface area contributed by atoms with E-state index in [1.807, 2.05) is 0 Å². The number of hydrogen-bond acceptors (Lipinski definition) is 2. The molecule has 4 heteroatoms. The van der Waals surface area contributed by atoms with Crippen LogP contribution in [0.2, 0.25) is 0 Å². The SMILES string of the molecule is CC(C)CN(N)C(N)=S. The van der Waals surface area contributed by atoms with E-state index in [0.29, 0.717) is 5.92 Å². The fraction of sp³-hybridized carbons (Fsp3) is 0.800. The first kappa shape index (κ1) is 8.65. The van der Waals surface area contributed by atoms with Crippen molar-refractivity contribution in [3.8, 4) is 0 Å². The van der Waals surface area contributed by atoms with E-state index in [9.17, 15) is 0 Å². The fourth-order valence-electron chi connectivity index (χ4n) is 0.483. The van der Waals surface area contributed by atoms with Crippen molar-refractivity contribution in [1.82, 2.24) is 5.01 Å². The third-order valence-electron chi connectivity index (χ3n) is 0.845. The van der Waals surface area contributed by atoms with Gasteiger partial charge < -0.3 is 5.73 Å². The van der Waals surface area contributed by atoms with E-state index in [-0.39, 0.29) is 5.11 Å². The molecule has 0 rings (SSSR count). The molecule has 0 aromatic rings. The van der Waals surface area contributed by atoms with Crippen LogP contribution in [0, 0.1) is 5.92 Å². The lowest BCUT2D eigenvalue weighted by Crippen LogP contribution is -2.43. The molecule has 0 saturated carbocycles. The van der Waals surface area contributed by atoms with Crippen LogP contribution in [0.25, 0.3) is 0 Å². The molecule has 0 bridgehead atoms. The fourth-order valence-corrected chi connectivity index (χ4v) is 0.558. The van der Waals surface area contributed by atoms with Crippen LogP contribution in [0.5, 0.6) is 0 Å². The normalized spacial score (nSPS) is 9.78. The molecule has 0 atom stereocenters. The van der Waals surface area contributed by atoms with E-state index >= 15 is 0 Å². The summed E-state index contributed by atoms with van der Waals surface area (Å²) in [6, 6.07) is 0. The summed E-state index contributed by atoms with van der Waals surface area (Å²) in [4.78, 5) is 0. The van der Waals surface area contributed by atoms with Gasteiger partial charge in [-0.15, -0.1) is 0 Å². The minimum Gasteiger partial charge on any atom is -0.375 e. The van der Waals surface area contributed by atoms with Gasteiger partial charge in [-0.3, -0.25) is 5.01 Å². The van der Waals surface area contributed by atoms with Gasteiger partial charge in [0.2, 0.25) is 0 Å². The van der Waals surface area contributed by atoms with Gasteiger partial charge in [-0.05, 0) is 18.1 Å². The minimum absolute atomic E-state index is 0.253. The molecule has 0 aliphatic rings. The minimum atomic E-state index is 0.253. The highest BCUT2D eigenvalue weighted by Crippen LogP contribution is 1.92. The van der Waals surface area contributed by atoms with Gasteiger partial charge in [-0.1, -0.05) is 13.8 Å². The Kier molecular flexibility index (Phi) is 3.49. The second kappa shape index (κ2) is 3.63. The Labute approximate surface area is 61.0 Å². The molecular weight excluding hydrogens is 134 g/mol. The summed E-state index contributed by atoms with van der Waals surface area (Å²) in [5.74, 6) is 5.88. The smallest absolute Gasteiger partial charge is 0.180 e. The van der Waals surface area contributed by atoms with E-state index in [2.05, 4.69) is 26.1 Å². The molecule has 9 heavy (non-hydrogen) atoms. The van der Waals surface area contributed by atoms with E-state index < -0.39 is 0 Å². The molecule has 0 aliphatic carbocycles. The summed E-state index contributed by atoms with van der Waals surface area (Å²) in [6.45, 7) is 4.82. The van der Waals surface area contributed by atoms with E-state index in [1.54, 1.807) is 0 Å². The van der Waals surface area contributed by atoms with Gasteiger partial charge in [-0.2, -0.15) is 0 Å². The van der Waals surface area contributed by atoms with Crippen LogP contribution in [0.1, 0.15) is 13.8 Å². The molecule has 4 N–H and O–H groups in total. The zero-order valence-electron chi connectivity index (χ0n) is 5.79. The second-order valence-electron chi connectivity index (χ2n) is 2.38. The first-order valence-corrected chi connectivity index (χ1v) is 3.26. The van der Waals surface area contributed by atoms with Crippen LogP contribution in [-0.4, -0.2) is 16.7 Å². The van der Waals surface area contributed by atoms with Crippen molar-refractivity contribution in [2.75, 3.05) is 6.54 Å². The van der Waals surface area contributed by atoms with Crippen molar-refractivity contribution < 1.29 is 0 Å². The van der Waals surface area contributed by atoms with E-state index in [4.69, 9.17) is 11.6 Å². The Balaban J connectivity index is 3.50. The Morgan fingerprint density at radius 1 is 1.67 bits per heavy atom. The number of nitrogens with two attached hydrogens (primary N) is 2. The topological polar surface area (TPSA) is 55.3 Å². The molecule has 0 aromatic carbocycles. The average Bonchev–Trinajstić information content (AvgIpc) is 1.63. The van der Waals surface area contributed by atoms with E-state index in [1.165, 1.54) is 5.01 Å². The number of rotatable bonds is 2. The van der Waals surface area contributed by atoms with Gasteiger partial charge in [-0.25, -0.2) is 5.84 Å². The molecule has 0 aliphatic heterocycles. The highest BCUT2D eigenvalue weighted by Gasteiger charge is 2.01. The standard InChI is InChI=1S/C5H13N3S/c1-4(2)3-8(7)5(6)9/h4H,3,7H2,1-2H3,(H2,6,9). The second-order valence-corrected chi connectivity index (χ2v) is 2.80. The van der Waals surface area contributed by atoms with Crippen molar-refractivity contribution in [3.05, 3.63) is 0 Å². The van der Waals surface area contributed by atoms with Gasteiger partial charge in [0.25, 0.3) is 0 Å². The third kappa shape index (κ3) is 4.17. The molecule has 0 fully saturated rings. The molecule has 54 valence electrons.